The third-order valence-corrected chi connectivity index (χ3v) is 3.63. The molecule has 0 spiro atoms. The van der Waals surface area contributed by atoms with E-state index in [2.05, 4.69) is 10.00 Å². The number of carboxylic acids is 1. The number of aryl methyl sites for hydroxylation is 1. The Bertz CT molecular complexity index is 666. The lowest BCUT2D eigenvalue weighted by molar-refractivity contribution is 0.0692. The van der Waals surface area contributed by atoms with Crippen LogP contribution in [0.1, 0.15) is 23.0 Å². The van der Waals surface area contributed by atoms with Gasteiger partial charge in [0.2, 0.25) is 0 Å². The molecule has 0 saturated carbocycles. The van der Waals surface area contributed by atoms with E-state index in [9.17, 15) is 9.90 Å². The van der Waals surface area contributed by atoms with E-state index in [0.29, 0.717) is 18.9 Å². The SMILES string of the molecule is CCn1nccc1CN1CCOc2c(C(=O)O)cccc21. The first-order valence-corrected chi connectivity index (χ1v) is 6.95. The van der Waals surface area contributed by atoms with Gasteiger partial charge in [-0.2, -0.15) is 5.10 Å². The highest BCUT2D eigenvalue weighted by molar-refractivity contribution is 5.93. The molecule has 2 aromatic rings. The average Bonchev–Trinajstić information content (AvgIpc) is 2.94. The first kappa shape index (κ1) is 13.5. The van der Waals surface area contributed by atoms with E-state index in [4.69, 9.17) is 4.74 Å². The molecule has 0 aliphatic carbocycles. The lowest BCUT2D eigenvalue weighted by Crippen LogP contribution is -2.33. The van der Waals surface area contributed by atoms with Crippen molar-refractivity contribution in [2.45, 2.75) is 20.0 Å². The average molecular weight is 287 g/mol. The van der Waals surface area contributed by atoms with Crippen LogP contribution in [-0.2, 0) is 13.1 Å². The lowest BCUT2D eigenvalue weighted by atomic mass is 10.1. The monoisotopic (exact) mass is 287 g/mol. The highest BCUT2D eigenvalue weighted by Crippen LogP contribution is 2.35. The summed E-state index contributed by atoms with van der Waals surface area (Å²) in [6.07, 6.45) is 1.79. The Morgan fingerprint density at radius 1 is 1.43 bits per heavy atom. The number of carboxylic acid groups (broad SMARTS) is 1. The van der Waals surface area contributed by atoms with Crippen molar-refractivity contribution >= 4 is 11.7 Å². The maximum absolute atomic E-state index is 11.3. The van der Waals surface area contributed by atoms with Crippen molar-refractivity contribution in [3.63, 3.8) is 0 Å². The van der Waals surface area contributed by atoms with Gasteiger partial charge in [0, 0.05) is 12.7 Å². The normalized spacial score (nSPS) is 13.7. The van der Waals surface area contributed by atoms with Crippen LogP contribution in [0.25, 0.3) is 0 Å². The molecule has 0 fully saturated rings. The summed E-state index contributed by atoms with van der Waals surface area (Å²) >= 11 is 0. The number of nitrogens with zero attached hydrogens (tertiary/aromatic N) is 3. The number of anilines is 1. The number of para-hydroxylation sites is 1. The molecule has 0 amide bonds. The zero-order valence-electron chi connectivity index (χ0n) is 11.8. The Morgan fingerprint density at radius 3 is 3.05 bits per heavy atom. The summed E-state index contributed by atoms with van der Waals surface area (Å²) in [5.74, 6) is -0.508. The second-order valence-electron chi connectivity index (χ2n) is 4.87. The number of aromatic carboxylic acids is 1. The predicted molar refractivity (Wildman–Crippen MR) is 77.8 cm³/mol. The van der Waals surface area contributed by atoms with Gasteiger partial charge in [0.15, 0.2) is 5.75 Å². The van der Waals surface area contributed by atoms with Gasteiger partial charge in [0.05, 0.1) is 24.5 Å². The summed E-state index contributed by atoms with van der Waals surface area (Å²) < 4.78 is 7.52. The molecule has 1 aromatic carbocycles. The number of benzene rings is 1. The molecule has 2 heterocycles. The van der Waals surface area contributed by atoms with Gasteiger partial charge < -0.3 is 14.7 Å². The second-order valence-corrected chi connectivity index (χ2v) is 4.87. The summed E-state index contributed by atoms with van der Waals surface area (Å²) in [5, 5.41) is 13.5. The quantitative estimate of drug-likeness (QED) is 0.931. The molecule has 0 atom stereocenters. The van der Waals surface area contributed by atoms with E-state index in [-0.39, 0.29) is 5.56 Å². The zero-order chi connectivity index (χ0) is 14.8. The fraction of sp³-hybridized carbons (Fsp3) is 0.333. The molecule has 0 radical (unpaired) electrons. The molecule has 1 aliphatic heterocycles. The first-order chi connectivity index (χ1) is 10.2. The van der Waals surface area contributed by atoms with Crippen LogP contribution in [0.5, 0.6) is 5.75 Å². The fourth-order valence-electron chi connectivity index (χ4n) is 2.61. The minimum atomic E-state index is -0.965. The maximum Gasteiger partial charge on any atom is 0.339 e. The first-order valence-electron chi connectivity index (χ1n) is 6.95. The number of aromatic nitrogens is 2. The van der Waals surface area contributed by atoms with Crippen molar-refractivity contribution < 1.29 is 14.6 Å². The van der Waals surface area contributed by atoms with Crippen LogP contribution in [0.15, 0.2) is 30.5 Å². The molecular formula is C15H17N3O3. The Kier molecular flexibility index (Phi) is 3.51. The van der Waals surface area contributed by atoms with Crippen LogP contribution in [0.3, 0.4) is 0 Å². The minimum absolute atomic E-state index is 0.209. The van der Waals surface area contributed by atoms with Crippen molar-refractivity contribution in [1.82, 2.24) is 9.78 Å². The highest BCUT2D eigenvalue weighted by atomic mass is 16.5. The van der Waals surface area contributed by atoms with Gasteiger partial charge >= 0.3 is 5.97 Å². The number of ether oxygens (including phenoxy) is 1. The molecule has 110 valence electrons. The third-order valence-electron chi connectivity index (χ3n) is 3.63. The van der Waals surface area contributed by atoms with Crippen molar-refractivity contribution in [2.24, 2.45) is 0 Å². The van der Waals surface area contributed by atoms with Crippen molar-refractivity contribution in [3.8, 4) is 5.75 Å². The number of fused-ring (bicyclic) bond motifs is 1. The van der Waals surface area contributed by atoms with Crippen LogP contribution < -0.4 is 9.64 Å². The molecule has 21 heavy (non-hydrogen) atoms. The molecule has 0 unspecified atom stereocenters. The van der Waals surface area contributed by atoms with Crippen molar-refractivity contribution in [2.75, 3.05) is 18.1 Å². The summed E-state index contributed by atoms with van der Waals surface area (Å²) in [7, 11) is 0. The minimum Gasteiger partial charge on any atom is -0.489 e. The van der Waals surface area contributed by atoms with Gasteiger partial charge in [-0.25, -0.2) is 4.79 Å². The summed E-state index contributed by atoms with van der Waals surface area (Å²) in [6.45, 7) is 4.76. The van der Waals surface area contributed by atoms with Gasteiger partial charge in [-0.3, -0.25) is 4.68 Å². The Labute approximate surface area is 122 Å². The largest absolute Gasteiger partial charge is 0.489 e. The number of hydrogen-bond donors (Lipinski definition) is 1. The molecule has 6 heteroatoms. The van der Waals surface area contributed by atoms with Gasteiger partial charge in [-0.15, -0.1) is 0 Å². The Hall–Kier alpha value is -2.50. The van der Waals surface area contributed by atoms with Crippen LogP contribution >= 0.6 is 0 Å². The summed E-state index contributed by atoms with van der Waals surface area (Å²) in [6, 6.07) is 7.20. The predicted octanol–water partition coefficient (Wildman–Crippen LogP) is 2.00. The molecule has 6 nitrogen and oxygen atoms in total. The molecule has 0 saturated heterocycles. The molecule has 1 aliphatic rings. The molecule has 3 rings (SSSR count). The Morgan fingerprint density at radius 2 is 2.29 bits per heavy atom. The second kappa shape index (κ2) is 5.47. The number of hydrogen-bond acceptors (Lipinski definition) is 4. The summed E-state index contributed by atoms with van der Waals surface area (Å²) in [5.41, 5.74) is 2.14. The maximum atomic E-state index is 11.3. The fourth-order valence-corrected chi connectivity index (χ4v) is 2.61. The van der Waals surface area contributed by atoms with Crippen LogP contribution in [0.2, 0.25) is 0 Å². The van der Waals surface area contributed by atoms with E-state index >= 15 is 0 Å². The summed E-state index contributed by atoms with van der Waals surface area (Å²) in [4.78, 5) is 13.4. The number of rotatable bonds is 4. The van der Waals surface area contributed by atoms with Crippen LogP contribution in [-0.4, -0.2) is 34.0 Å². The standard InChI is InChI=1S/C15H17N3O3/c1-2-18-11(6-7-16-18)10-17-8-9-21-14-12(15(19)20)4-3-5-13(14)17/h3-7H,2,8-10H2,1H3,(H,19,20). The topological polar surface area (TPSA) is 67.6 Å². The zero-order valence-corrected chi connectivity index (χ0v) is 11.8. The van der Waals surface area contributed by atoms with Crippen LogP contribution in [0.4, 0.5) is 5.69 Å². The van der Waals surface area contributed by atoms with E-state index in [1.54, 1.807) is 18.3 Å². The Balaban J connectivity index is 1.94. The number of carbonyl (C=O) groups is 1. The van der Waals surface area contributed by atoms with Crippen LogP contribution in [0, 0.1) is 0 Å². The lowest BCUT2D eigenvalue weighted by Gasteiger charge is -2.32. The van der Waals surface area contributed by atoms with Gasteiger partial charge in [0.1, 0.15) is 12.2 Å². The highest BCUT2D eigenvalue weighted by Gasteiger charge is 2.24. The van der Waals surface area contributed by atoms with Gasteiger partial charge in [-0.05, 0) is 25.1 Å². The molecule has 0 bridgehead atoms. The van der Waals surface area contributed by atoms with E-state index in [1.807, 2.05) is 23.7 Å². The smallest absolute Gasteiger partial charge is 0.339 e. The van der Waals surface area contributed by atoms with E-state index in [1.165, 1.54) is 0 Å². The van der Waals surface area contributed by atoms with E-state index < -0.39 is 5.97 Å². The third kappa shape index (κ3) is 2.44. The van der Waals surface area contributed by atoms with Gasteiger partial charge in [0.25, 0.3) is 0 Å². The van der Waals surface area contributed by atoms with Crippen molar-refractivity contribution in [1.29, 1.82) is 0 Å². The van der Waals surface area contributed by atoms with Gasteiger partial charge in [-0.1, -0.05) is 6.07 Å². The van der Waals surface area contributed by atoms with E-state index in [0.717, 1.165) is 24.5 Å². The molecule has 1 N–H and O–H groups in total. The molecule has 1 aromatic heterocycles. The van der Waals surface area contributed by atoms with Crippen molar-refractivity contribution in [3.05, 3.63) is 41.7 Å². The molecular weight excluding hydrogens is 270 g/mol.